The van der Waals surface area contributed by atoms with E-state index in [-0.39, 0.29) is 16.7 Å². The fourth-order valence-electron chi connectivity index (χ4n) is 1.64. The molecule has 0 aliphatic rings. The number of nitrogens with two attached hydrogens (primary N) is 1. The standard InChI is InChI=1S/C14H13ClN2O2/c15-12-7-10(4-5-13(12)18)14(19)17-8-9-2-1-3-11(16)6-9/h1-7,18H,8,16H2,(H,17,19). The van der Waals surface area contributed by atoms with Crippen LogP contribution in [0.1, 0.15) is 15.9 Å². The number of nitrogens with one attached hydrogen (secondary N) is 1. The van der Waals surface area contributed by atoms with E-state index in [0.717, 1.165) is 5.56 Å². The lowest BCUT2D eigenvalue weighted by molar-refractivity contribution is 0.0951. The van der Waals surface area contributed by atoms with Gasteiger partial charge in [0.05, 0.1) is 5.02 Å². The molecule has 0 aromatic heterocycles. The summed E-state index contributed by atoms with van der Waals surface area (Å²) < 4.78 is 0. The highest BCUT2D eigenvalue weighted by Crippen LogP contribution is 2.23. The van der Waals surface area contributed by atoms with Crippen molar-refractivity contribution in [3.63, 3.8) is 0 Å². The maximum Gasteiger partial charge on any atom is 0.251 e. The first-order chi connectivity index (χ1) is 9.06. The van der Waals surface area contributed by atoms with Crippen LogP contribution in [0.25, 0.3) is 0 Å². The molecule has 0 saturated carbocycles. The third kappa shape index (κ3) is 3.39. The van der Waals surface area contributed by atoms with Gasteiger partial charge in [0, 0.05) is 17.8 Å². The molecule has 0 radical (unpaired) electrons. The number of nitrogen functional groups attached to an aromatic ring is 1. The van der Waals surface area contributed by atoms with Gasteiger partial charge in [-0.25, -0.2) is 0 Å². The average Bonchev–Trinajstić information content (AvgIpc) is 2.39. The lowest BCUT2D eigenvalue weighted by atomic mass is 10.1. The van der Waals surface area contributed by atoms with Gasteiger partial charge in [-0.15, -0.1) is 0 Å². The highest BCUT2D eigenvalue weighted by Gasteiger charge is 2.08. The molecule has 2 aromatic rings. The third-order valence-electron chi connectivity index (χ3n) is 2.61. The van der Waals surface area contributed by atoms with Crippen molar-refractivity contribution >= 4 is 23.2 Å². The van der Waals surface area contributed by atoms with E-state index in [4.69, 9.17) is 17.3 Å². The molecule has 0 aliphatic carbocycles. The Balaban J connectivity index is 2.03. The largest absolute Gasteiger partial charge is 0.506 e. The molecule has 0 unspecified atom stereocenters. The molecule has 0 saturated heterocycles. The molecule has 0 fully saturated rings. The number of rotatable bonds is 3. The zero-order chi connectivity index (χ0) is 13.8. The van der Waals surface area contributed by atoms with Crippen LogP contribution in [0.15, 0.2) is 42.5 Å². The van der Waals surface area contributed by atoms with Crippen LogP contribution in [-0.4, -0.2) is 11.0 Å². The SMILES string of the molecule is Nc1cccc(CNC(=O)c2ccc(O)c(Cl)c2)c1. The highest BCUT2D eigenvalue weighted by molar-refractivity contribution is 6.32. The van der Waals surface area contributed by atoms with Crippen LogP contribution in [0, 0.1) is 0 Å². The Labute approximate surface area is 115 Å². The zero-order valence-electron chi connectivity index (χ0n) is 10.1. The van der Waals surface area contributed by atoms with Crippen molar-refractivity contribution in [1.82, 2.24) is 5.32 Å². The van der Waals surface area contributed by atoms with Gasteiger partial charge in [0.25, 0.3) is 5.91 Å². The Bertz CT molecular complexity index is 614. The maximum absolute atomic E-state index is 11.9. The predicted octanol–water partition coefficient (Wildman–Crippen LogP) is 2.56. The summed E-state index contributed by atoms with van der Waals surface area (Å²) in [6, 6.07) is 11.6. The molecular weight excluding hydrogens is 264 g/mol. The number of phenols is 1. The molecule has 0 bridgehead atoms. The molecule has 19 heavy (non-hydrogen) atoms. The van der Waals surface area contributed by atoms with E-state index in [0.29, 0.717) is 17.8 Å². The molecule has 1 amide bonds. The van der Waals surface area contributed by atoms with E-state index in [1.165, 1.54) is 18.2 Å². The summed E-state index contributed by atoms with van der Waals surface area (Å²) in [4.78, 5) is 11.9. The zero-order valence-corrected chi connectivity index (χ0v) is 10.8. The van der Waals surface area contributed by atoms with E-state index >= 15 is 0 Å². The molecule has 0 aliphatic heterocycles. The number of halogens is 1. The molecule has 0 atom stereocenters. The first-order valence-corrected chi connectivity index (χ1v) is 6.05. The Morgan fingerprint density at radius 2 is 2.05 bits per heavy atom. The normalized spacial score (nSPS) is 10.2. The first-order valence-electron chi connectivity index (χ1n) is 5.67. The number of carbonyl (C=O) groups is 1. The molecule has 2 rings (SSSR count). The van der Waals surface area contributed by atoms with Crippen molar-refractivity contribution in [3.05, 3.63) is 58.6 Å². The Kier molecular flexibility index (Phi) is 3.92. The van der Waals surface area contributed by atoms with Crippen LogP contribution in [0.3, 0.4) is 0 Å². The number of benzene rings is 2. The molecule has 0 heterocycles. The average molecular weight is 277 g/mol. The van der Waals surface area contributed by atoms with Crippen molar-refractivity contribution in [3.8, 4) is 5.75 Å². The molecular formula is C14H13ClN2O2. The minimum Gasteiger partial charge on any atom is -0.506 e. The van der Waals surface area contributed by atoms with Gasteiger partial charge in [0.15, 0.2) is 0 Å². The molecule has 2 aromatic carbocycles. The lowest BCUT2D eigenvalue weighted by Gasteiger charge is -2.07. The van der Waals surface area contributed by atoms with Crippen LogP contribution in [0.5, 0.6) is 5.75 Å². The van der Waals surface area contributed by atoms with Crippen molar-refractivity contribution in [2.75, 3.05) is 5.73 Å². The van der Waals surface area contributed by atoms with Gasteiger partial charge < -0.3 is 16.2 Å². The third-order valence-corrected chi connectivity index (χ3v) is 2.92. The van der Waals surface area contributed by atoms with Gasteiger partial charge in [-0.05, 0) is 35.9 Å². The summed E-state index contributed by atoms with van der Waals surface area (Å²) in [6.45, 7) is 0.377. The second-order valence-corrected chi connectivity index (χ2v) is 4.50. The maximum atomic E-state index is 11.9. The van der Waals surface area contributed by atoms with Crippen molar-refractivity contribution in [2.45, 2.75) is 6.54 Å². The number of anilines is 1. The second kappa shape index (κ2) is 5.63. The lowest BCUT2D eigenvalue weighted by Crippen LogP contribution is -2.22. The summed E-state index contributed by atoms with van der Waals surface area (Å²) in [6.07, 6.45) is 0. The summed E-state index contributed by atoms with van der Waals surface area (Å²) in [5, 5.41) is 12.2. The summed E-state index contributed by atoms with van der Waals surface area (Å²) in [5.41, 5.74) is 7.62. The number of phenolic OH excluding ortho intramolecular Hbond substituents is 1. The Morgan fingerprint density at radius 1 is 1.26 bits per heavy atom. The number of hydrogen-bond acceptors (Lipinski definition) is 3. The van der Waals surface area contributed by atoms with Crippen LogP contribution in [-0.2, 0) is 6.54 Å². The van der Waals surface area contributed by atoms with E-state index in [1.54, 1.807) is 12.1 Å². The van der Waals surface area contributed by atoms with E-state index in [2.05, 4.69) is 5.32 Å². The van der Waals surface area contributed by atoms with Gasteiger partial charge in [0.1, 0.15) is 5.75 Å². The predicted molar refractivity (Wildman–Crippen MR) is 75.1 cm³/mol. The number of hydrogen-bond donors (Lipinski definition) is 3. The molecule has 98 valence electrons. The molecule has 4 nitrogen and oxygen atoms in total. The first kappa shape index (κ1) is 13.2. The van der Waals surface area contributed by atoms with E-state index in [1.807, 2.05) is 12.1 Å². The fraction of sp³-hybridized carbons (Fsp3) is 0.0714. The van der Waals surface area contributed by atoms with E-state index in [9.17, 15) is 9.90 Å². The Morgan fingerprint density at radius 3 is 2.74 bits per heavy atom. The van der Waals surface area contributed by atoms with Crippen LogP contribution < -0.4 is 11.1 Å². The van der Waals surface area contributed by atoms with Crippen molar-refractivity contribution in [2.24, 2.45) is 0 Å². The summed E-state index contributed by atoms with van der Waals surface area (Å²) >= 11 is 5.75. The van der Waals surface area contributed by atoms with Crippen LogP contribution in [0.2, 0.25) is 5.02 Å². The van der Waals surface area contributed by atoms with Crippen molar-refractivity contribution < 1.29 is 9.90 Å². The monoisotopic (exact) mass is 276 g/mol. The molecule has 0 spiro atoms. The van der Waals surface area contributed by atoms with Gasteiger partial charge >= 0.3 is 0 Å². The quantitative estimate of drug-likeness (QED) is 0.754. The number of carbonyl (C=O) groups excluding carboxylic acids is 1. The molecule has 4 N–H and O–H groups in total. The summed E-state index contributed by atoms with van der Waals surface area (Å²) in [5.74, 6) is -0.307. The number of aromatic hydroxyl groups is 1. The van der Waals surface area contributed by atoms with Crippen molar-refractivity contribution in [1.29, 1.82) is 0 Å². The minimum absolute atomic E-state index is 0.0472. The van der Waals surface area contributed by atoms with Gasteiger partial charge in [-0.3, -0.25) is 4.79 Å². The highest BCUT2D eigenvalue weighted by atomic mass is 35.5. The Hall–Kier alpha value is -2.20. The summed E-state index contributed by atoms with van der Waals surface area (Å²) in [7, 11) is 0. The second-order valence-electron chi connectivity index (χ2n) is 4.09. The topological polar surface area (TPSA) is 75.3 Å². The van der Waals surface area contributed by atoms with E-state index < -0.39 is 0 Å². The van der Waals surface area contributed by atoms with Crippen LogP contribution >= 0.6 is 11.6 Å². The minimum atomic E-state index is -0.260. The van der Waals surface area contributed by atoms with Gasteiger partial charge in [0.2, 0.25) is 0 Å². The van der Waals surface area contributed by atoms with Crippen LogP contribution in [0.4, 0.5) is 5.69 Å². The fourth-order valence-corrected chi connectivity index (χ4v) is 1.82. The molecule has 5 heteroatoms. The van der Waals surface area contributed by atoms with Gasteiger partial charge in [-0.2, -0.15) is 0 Å². The number of amides is 1. The smallest absolute Gasteiger partial charge is 0.251 e. The van der Waals surface area contributed by atoms with Gasteiger partial charge in [-0.1, -0.05) is 23.7 Å².